The standard InChI is InChI=1S/C16H24N2O/c1-10-5-4-6-16(11(10)2)18-13-7-8-15(17)14(9-13)12(3)19/h7-11,16,18H,4-6,17H2,1-3H3. The van der Waals surface area contributed by atoms with E-state index in [1.54, 1.807) is 6.92 Å². The van der Waals surface area contributed by atoms with E-state index in [2.05, 4.69) is 19.2 Å². The molecule has 0 heterocycles. The van der Waals surface area contributed by atoms with Gasteiger partial charge < -0.3 is 11.1 Å². The molecule has 0 spiro atoms. The van der Waals surface area contributed by atoms with Crippen molar-refractivity contribution in [2.75, 3.05) is 11.1 Å². The van der Waals surface area contributed by atoms with E-state index in [9.17, 15) is 4.79 Å². The van der Waals surface area contributed by atoms with E-state index in [0.717, 1.165) is 11.6 Å². The van der Waals surface area contributed by atoms with Crippen molar-refractivity contribution in [1.29, 1.82) is 0 Å². The minimum absolute atomic E-state index is 0.0196. The molecule has 0 saturated heterocycles. The quantitative estimate of drug-likeness (QED) is 0.643. The van der Waals surface area contributed by atoms with Gasteiger partial charge in [-0.05, 0) is 43.4 Å². The summed E-state index contributed by atoms with van der Waals surface area (Å²) in [5, 5.41) is 3.58. The fourth-order valence-electron chi connectivity index (χ4n) is 2.95. The molecule has 3 nitrogen and oxygen atoms in total. The highest BCUT2D eigenvalue weighted by atomic mass is 16.1. The first-order valence-electron chi connectivity index (χ1n) is 7.16. The summed E-state index contributed by atoms with van der Waals surface area (Å²) in [7, 11) is 0. The van der Waals surface area contributed by atoms with Crippen molar-refractivity contribution in [2.24, 2.45) is 11.8 Å². The van der Waals surface area contributed by atoms with Gasteiger partial charge >= 0.3 is 0 Å². The lowest BCUT2D eigenvalue weighted by atomic mass is 9.78. The Hall–Kier alpha value is -1.51. The number of anilines is 2. The van der Waals surface area contributed by atoms with E-state index in [4.69, 9.17) is 5.73 Å². The van der Waals surface area contributed by atoms with Gasteiger partial charge in [-0.1, -0.05) is 26.7 Å². The minimum Gasteiger partial charge on any atom is -0.398 e. The van der Waals surface area contributed by atoms with Crippen LogP contribution in [-0.4, -0.2) is 11.8 Å². The highest BCUT2D eigenvalue weighted by Crippen LogP contribution is 2.32. The monoisotopic (exact) mass is 260 g/mol. The van der Waals surface area contributed by atoms with Gasteiger partial charge in [0.1, 0.15) is 0 Å². The van der Waals surface area contributed by atoms with Crippen LogP contribution in [0.2, 0.25) is 0 Å². The lowest BCUT2D eigenvalue weighted by Gasteiger charge is -2.35. The summed E-state index contributed by atoms with van der Waals surface area (Å²) < 4.78 is 0. The zero-order chi connectivity index (χ0) is 14.0. The molecule has 1 saturated carbocycles. The number of benzene rings is 1. The third-order valence-corrected chi connectivity index (χ3v) is 4.49. The number of ketones is 1. The van der Waals surface area contributed by atoms with Crippen LogP contribution in [0.4, 0.5) is 11.4 Å². The molecule has 3 heteroatoms. The number of hydrogen-bond acceptors (Lipinski definition) is 3. The molecule has 1 aliphatic rings. The number of carbonyl (C=O) groups is 1. The molecule has 3 atom stereocenters. The van der Waals surface area contributed by atoms with E-state index >= 15 is 0 Å². The number of nitrogen functional groups attached to an aromatic ring is 1. The van der Waals surface area contributed by atoms with E-state index in [-0.39, 0.29) is 5.78 Å². The van der Waals surface area contributed by atoms with Crippen LogP contribution < -0.4 is 11.1 Å². The van der Waals surface area contributed by atoms with Crippen LogP contribution in [0, 0.1) is 11.8 Å². The summed E-state index contributed by atoms with van der Waals surface area (Å²) in [5.41, 5.74) is 8.00. The van der Waals surface area contributed by atoms with Gasteiger partial charge in [-0.3, -0.25) is 4.79 Å². The summed E-state index contributed by atoms with van der Waals surface area (Å²) in [5.74, 6) is 1.44. The predicted molar refractivity (Wildman–Crippen MR) is 80.4 cm³/mol. The number of nitrogens with one attached hydrogen (secondary N) is 1. The van der Waals surface area contributed by atoms with Crippen molar-refractivity contribution in [3.05, 3.63) is 23.8 Å². The smallest absolute Gasteiger partial charge is 0.161 e. The molecule has 0 aromatic heterocycles. The van der Waals surface area contributed by atoms with Crippen molar-refractivity contribution in [2.45, 2.75) is 46.1 Å². The summed E-state index contributed by atoms with van der Waals surface area (Å²) in [4.78, 5) is 11.5. The molecule has 1 aromatic carbocycles. The molecule has 0 aliphatic heterocycles. The molecule has 1 aliphatic carbocycles. The van der Waals surface area contributed by atoms with Crippen LogP contribution in [0.3, 0.4) is 0 Å². The molecular weight excluding hydrogens is 236 g/mol. The van der Waals surface area contributed by atoms with E-state index in [1.165, 1.54) is 19.3 Å². The lowest BCUT2D eigenvalue weighted by Crippen LogP contribution is -2.35. The number of Topliss-reactive ketones (excluding diaryl/α,β-unsaturated/α-hetero) is 1. The van der Waals surface area contributed by atoms with Crippen LogP contribution in [0.25, 0.3) is 0 Å². The lowest BCUT2D eigenvalue weighted by molar-refractivity contribution is 0.101. The maximum atomic E-state index is 11.5. The van der Waals surface area contributed by atoms with Gasteiger partial charge in [0, 0.05) is 23.0 Å². The molecule has 3 N–H and O–H groups in total. The molecule has 0 radical (unpaired) electrons. The van der Waals surface area contributed by atoms with Crippen LogP contribution in [0.1, 0.15) is 50.4 Å². The maximum Gasteiger partial charge on any atom is 0.161 e. The van der Waals surface area contributed by atoms with E-state index < -0.39 is 0 Å². The van der Waals surface area contributed by atoms with Gasteiger partial charge in [-0.25, -0.2) is 0 Å². The van der Waals surface area contributed by atoms with Crippen LogP contribution in [0.15, 0.2) is 18.2 Å². The molecule has 0 bridgehead atoms. The molecule has 3 unspecified atom stereocenters. The highest BCUT2D eigenvalue weighted by molar-refractivity contribution is 6.00. The third kappa shape index (κ3) is 3.09. The Morgan fingerprint density at radius 3 is 2.74 bits per heavy atom. The first-order chi connectivity index (χ1) is 8.99. The van der Waals surface area contributed by atoms with Gasteiger partial charge in [0.2, 0.25) is 0 Å². The SMILES string of the molecule is CC(=O)c1cc(NC2CCCC(C)C2C)ccc1N. The Kier molecular flexibility index (Phi) is 4.13. The Morgan fingerprint density at radius 2 is 2.05 bits per heavy atom. The average Bonchev–Trinajstić information content (AvgIpc) is 2.37. The topological polar surface area (TPSA) is 55.1 Å². The van der Waals surface area contributed by atoms with Gasteiger partial charge in [0.25, 0.3) is 0 Å². The maximum absolute atomic E-state index is 11.5. The second-order valence-electron chi connectivity index (χ2n) is 5.88. The van der Waals surface area contributed by atoms with Crippen LogP contribution in [-0.2, 0) is 0 Å². The van der Waals surface area contributed by atoms with Crippen molar-refractivity contribution < 1.29 is 4.79 Å². The number of carbonyl (C=O) groups excluding carboxylic acids is 1. The predicted octanol–water partition coefficient (Wildman–Crippen LogP) is 3.71. The van der Waals surface area contributed by atoms with Crippen molar-refractivity contribution in [3.8, 4) is 0 Å². The Balaban J connectivity index is 2.15. The van der Waals surface area contributed by atoms with Crippen LogP contribution in [0.5, 0.6) is 0 Å². The van der Waals surface area contributed by atoms with E-state index in [1.807, 2.05) is 18.2 Å². The zero-order valence-electron chi connectivity index (χ0n) is 12.1. The normalized spacial score (nSPS) is 27.0. The largest absolute Gasteiger partial charge is 0.398 e. The summed E-state index contributed by atoms with van der Waals surface area (Å²) in [6.07, 6.45) is 3.79. The number of hydrogen-bond donors (Lipinski definition) is 2. The second kappa shape index (κ2) is 5.64. The van der Waals surface area contributed by atoms with Gasteiger partial charge in [0.05, 0.1) is 0 Å². The van der Waals surface area contributed by atoms with Crippen molar-refractivity contribution >= 4 is 17.2 Å². The molecule has 104 valence electrons. The first kappa shape index (κ1) is 13.9. The molecule has 1 fully saturated rings. The van der Waals surface area contributed by atoms with Crippen molar-refractivity contribution in [1.82, 2.24) is 0 Å². The Bertz CT molecular complexity index is 470. The molecule has 19 heavy (non-hydrogen) atoms. The summed E-state index contributed by atoms with van der Waals surface area (Å²) in [6.45, 7) is 6.19. The number of rotatable bonds is 3. The molecule has 0 amide bonds. The fraction of sp³-hybridized carbons (Fsp3) is 0.562. The Morgan fingerprint density at radius 1 is 1.32 bits per heavy atom. The zero-order valence-corrected chi connectivity index (χ0v) is 12.1. The minimum atomic E-state index is 0.0196. The Labute approximate surface area is 115 Å². The average molecular weight is 260 g/mol. The highest BCUT2D eigenvalue weighted by Gasteiger charge is 2.26. The van der Waals surface area contributed by atoms with Gasteiger partial charge in [-0.15, -0.1) is 0 Å². The third-order valence-electron chi connectivity index (χ3n) is 4.49. The van der Waals surface area contributed by atoms with Gasteiger partial charge in [-0.2, -0.15) is 0 Å². The molecule has 1 aromatic rings. The van der Waals surface area contributed by atoms with Crippen LogP contribution >= 0.6 is 0 Å². The first-order valence-corrected chi connectivity index (χ1v) is 7.16. The van der Waals surface area contributed by atoms with E-state index in [0.29, 0.717) is 23.2 Å². The fourth-order valence-corrected chi connectivity index (χ4v) is 2.95. The molecule has 2 rings (SSSR count). The number of nitrogens with two attached hydrogens (primary N) is 1. The van der Waals surface area contributed by atoms with Gasteiger partial charge in [0.15, 0.2) is 5.78 Å². The van der Waals surface area contributed by atoms with Crippen molar-refractivity contribution in [3.63, 3.8) is 0 Å². The summed E-state index contributed by atoms with van der Waals surface area (Å²) in [6, 6.07) is 6.15. The summed E-state index contributed by atoms with van der Waals surface area (Å²) >= 11 is 0. The molecular formula is C16H24N2O. The second-order valence-corrected chi connectivity index (χ2v) is 5.88.